The van der Waals surface area contributed by atoms with E-state index >= 15 is 0 Å². The van der Waals surface area contributed by atoms with Gasteiger partial charge in [-0.15, -0.1) is 10.2 Å². The molecule has 0 aliphatic rings. The first-order valence-electron chi connectivity index (χ1n) is 8.21. The Morgan fingerprint density at radius 2 is 1.92 bits per heavy atom. The normalized spacial score (nSPS) is 11.5. The average molecular weight is 358 g/mol. The van der Waals surface area contributed by atoms with Crippen LogP contribution in [-0.4, -0.2) is 29.8 Å². The molecule has 4 aromatic heterocycles. The zero-order chi connectivity index (χ0) is 17.7. The quantitative estimate of drug-likeness (QED) is 0.476. The van der Waals surface area contributed by atoms with Gasteiger partial charge in [-0.2, -0.15) is 9.61 Å². The van der Waals surface area contributed by atoms with E-state index in [1.54, 1.807) is 10.7 Å². The summed E-state index contributed by atoms with van der Waals surface area (Å²) in [6.07, 6.45) is 1.75. The van der Waals surface area contributed by atoms with Gasteiger partial charge in [0, 0.05) is 22.7 Å². The van der Waals surface area contributed by atoms with E-state index in [2.05, 4.69) is 45.3 Å². The first-order chi connectivity index (χ1) is 12.7. The molecule has 26 heavy (non-hydrogen) atoms. The van der Waals surface area contributed by atoms with Gasteiger partial charge in [0.1, 0.15) is 5.01 Å². The van der Waals surface area contributed by atoms with Gasteiger partial charge in [0.05, 0.1) is 5.69 Å². The molecule has 0 fully saturated rings. The molecular weight excluding hydrogens is 344 g/mol. The molecule has 1 aromatic carbocycles. The fourth-order valence-corrected chi connectivity index (χ4v) is 3.84. The van der Waals surface area contributed by atoms with Gasteiger partial charge in [-0.3, -0.25) is 0 Å². The van der Waals surface area contributed by atoms with Gasteiger partial charge in [0.25, 0.3) is 0 Å². The first-order valence-corrected chi connectivity index (χ1v) is 9.03. The molecular formula is C19H14N6S. The molecule has 5 rings (SSSR count). The summed E-state index contributed by atoms with van der Waals surface area (Å²) in [5.74, 6) is 0.700. The number of nitrogens with zero attached hydrogens (tertiary/aromatic N) is 6. The van der Waals surface area contributed by atoms with Gasteiger partial charge >= 0.3 is 0 Å². The highest BCUT2D eigenvalue weighted by Gasteiger charge is 2.17. The van der Waals surface area contributed by atoms with Gasteiger partial charge in [0.2, 0.25) is 4.96 Å². The number of hydrogen-bond donors (Lipinski definition) is 0. The third kappa shape index (κ3) is 2.36. The van der Waals surface area contributed by atoms with E-state index in [1.165, 1.54) is 16.9 Å². The Morgan fingerprint density at radius 3 is 2.81 bits per heavy atom. The molecule has 0 spiro atoms. The average Bonchev–Trinajstić information content (AvgIpc) is 3.22. The molecule has 0 bridgehead atoms. The van der Waals surface area contributed by atoms with Crippen LogP contribution in [-0.2, 0) is 0 Å². The van der Waals surface area contributed by atoms with Crippen LogP contribution in [0, 0.1) is 13.8 Å². The van der Waals surface area contributed by atoms with Crippen molar-refractivity contribution in [2.75, 3.05) is 0 Å². The minimum absolute atomic E-state index is 0.700. The number of aryl methyl sites for hydroxylation is 2. The second-order valence-electron chi connectivity index (χ2n) is 6.17. The molecule has 126 valence electrons. The lowest BCUT2D eigenvalue weighted by molar-refractivity contribution is 0.966. The van der Waals surface area contributed by atoms with Crippen LogP contribution in [0.15, 0.2) is 48.7 Å². The highest BCUT2D eigenvalue weighted by Crippen LogP contribution is 2.30. The molecule has 6 nitrogen and oxygen atoms in total. The van der Waals surface area contributed by atoms with E-state index in [0.717, 1.165) is 37.8 Å². The first kappa shape index (κ1) is 15.1. The molecule has 0 aliphatic carbocycles. The van der Waals surface area contributed by atoms with E-state index in [-0.39, 0.29) is 0 Å². The summed E-state index contributed by atoms with van der Waals surface area (Å²) in [6, 6.07) is 14.3. The fraction of sp³-hybridized carbons (Fsp3) is 0.105. The predicted molar refractivity (Wildman–Crippen MR) is 102 cm³/mol. The Hall–Kier alpha value is -3.19. The molecule has 7 heteroatoms. The SMILES string of the molecule is Cc1cccc(-c2nn3c(-c4cc5cccnc5nc4C)nnc3s2)c1. The van der Waals surface area contributed by atoms with Crippen LogP contribution in [0.3, 0.4) is 0 Å². The van der Waals surface area contributed by atoms with Gasteiger partial charge < -0.3 is 0 Å². The monoisotopic (exact) mass is 358 g/mol. The van der Waals surface area contributed by atoms with E-state index < -0.39 is 0 Å². The van der Waals surface area contributed by atoms with E-state index in [4.69, 9.17) is 5.10 Å². The van der Waals surface area contributed by atoms with E-state index in [9.17, 15) is 0 Å². The van der Waals surface area contributed by atoms with Crippen LogP contribution in [0.4, 0.5) is 0 Å². The lowest BCUT2D eigenvalue weighted by Crippen LogP contribution is -1.96. The Labute approximate surface area is 153 Å². The van der Waals surface area contributed by atoms with Gasteiger partial charge in [-0.25, -0.2) is 9.97 Å². The predicted octanol–water partition coefficient (Wildman–Crippen LogP) is 4.08. The number of pyridine rings is 2. The minimum Gasteiger partial charge on any atom is -0.237 e. The highest BCUT2D eigenvalue weighted by molar-refractivity contribution is 7.19. The third-order valence-electron chi connectivity index (χ3n) is 4.28. The Morgan fingerprint density at radius 1 is 1.00 bits per heavy atom. The van der Waals surface area contributed by atoms with Crippen molar-refractivity contribution in [3.05, 3.63) is 59.9 Å². The highest BCUT2D eigenvalue weighted by atomic mass is 32.1. The van der Waals surface area contributed by atoms with Crippen molar-refractivity contribution in [2.45, 2.75) is 13.8 Å². The zero-order valence-corrected chi connectivity index (χ0v) is 15.0. The van der Waals surface area contributed by atoms with Crippen molar-refractivity contribution in [3.8, 4) is 22.0 Å². The number of aromatic nitrogens is 6. The Kier molecular flexibility index (Phi) is 3.29. The van der Waals surface area contributed by atoms with E-state index in [0.29, 0.717) is 5.82 Å². The molecule has 5 aromatic rings. The number of hydrogen-bond acceptors (Lipinski definition) is 6. The van der Waals surface area contributed by atoms with Crippen molar-refractivity contribution in [2.24, 2.45) is 0 Å². The molecule has 0 radical (unpaired) electrons. The van der Waals surface area contributed by atoms with Crippen molar-refractivity contribution in [3.63, 3.8) is 0 Å². The third-order valence-corrected chi connectivity index (χ3v) is 5.22. The van der Waals surface area contributed by atoms with Crippen LogP contribution in [0.25, 0.3) is 38.0 Å². The largest absolute Gasteiger partial charge is 0.237 e. The fourth-order valence-electron chi connectivity index (χ4n) is 3.00. The number of fused-ring (bicyclic) bond motifs is 2. The maximum atomic E-state index is 4.75. The Balaban J connectivity index is 1.69. The standard InChI is InChI=1S/C19H14N6S/c1-11-5-3-6-14(9-11)18-24-25-17(22-23-19(25)26-18)15-10-13-7-4-8-20-16(13)21-12(15)2/h3-10H,1-2H3. The lowest BCUT2D eigenvalue weighted by Gasteiger charge is -2.04. The second kappa shape index (κ2) is 5.67. The van der Waals surface area contributed by atoms with Gasteiger partial charge in [0.15, 0.2) is 11.5 Å². The maximum absolute atomic E-state index is 4.75. The molecule has 0 saturated heterocycles. The van der Waals surface area contributed by atoms with Crippen molar-refractivity contribution in [1.29, 1.82) is 0 Å². The van der Waals surface area contributed by atoms with Crippen LogP contribution >= 0.6 is 11.3 Å². The smallest absolute Gasteiger partial charge is 0.235 e. The zero-order valence-electron chi connectivity index (χ0n) is 14.2. The maximum Gasteiger partial charge on any atom is 0.235 e. The summed E-state index contributed by atoms with van der Waals surface area (Å²) in [5, 5.41) is 15.3. The molecule has 0 unspecified atom stereocenters. The van der Waals surface area contributed by atoms with E-state index in [1.807, 2.05) is 31.2 Å². The van der Waals surface area contributed by atoms with Crippen LogP contribution in [0.5, 0.6) is 0 Å². The number of rotatable bonds is 2. The molecule has 0 amide bonds. The summed E-state index contributed by atoms with van der Waals surface area (Å²) in [7, 11) is 0. The lowest BCUT2D eigenvalue weighted by atomic mass is 10.1. The number of benzene rings is 1. The van der Waals surface area contributed by atoms with Gasteiger partial charge in [-0.05, 0) is 38.1 Å². The van der Waals surface area contributed by atoms with Crippen LogP contribution in [0.2, 0.25) is 0 Å². The van der Waals surface area contributed by atoms with Crippen molar-refractivity contribution < 1.29 is 0 Å². The van der Waals surface area contributed by atoms with Crippen LogP contribution in [0.1, 0.15) is 11.3 Å². The molecule has 0 saturated carbocycles. The topological polar surface area (TPSA) is 68.9 Å². The molecule has 0 N–H and O–H groups in total. The second-order valence-corrected chi connectivity index (χ2v) is 7.12. The summed E-state index contributed by atoms with van der Waals surface area (Å²) >= 11 is 1.53. The minimum atomic E-state index is 0.700. The summed E-state index contributed by atoms with van der Waals surface area (Å²) in [4.78, 5) is 9.68. The summed E-state index contributed by atoms with van der Waals surface area (Å²) < 4.78 is 1.80. The van der Waals surface area contributed by atoms with Crippen molar-refractivity contribution in [1.82, 2.24) is 29.8 Å². The van der Waals surface area contributed by atoms with Crippen LogP contribution < -0.4 is 0 Å². The molecule has 0 aliphatic heterocycles. The Bertz CT molecular complexity index is 1270. The summed E-state index contributed by atoms with van der Waals surface area (Å²) in [5.41, 5.74) is 4.79. The molecule has 4 heterocycles. The molecule has 0 atom stereocenters. The van der Waals surface area contributed by atoms with Gasteiger partial charge in [-0.1, -0.05) is 35.1 Å². The van der Waals surface area contributed by atoms with Crippen molar-refractivity contribution >= 4 is 27.3 Å². The summed E-state index contributed by atoms with van der Waals surface area (Å²) in [6.45, 7) is 4.03.